The summed E-state index contributed by atoms with van der Waals surface area (Å²) in [5.74, 6) is -1.25. The topological polar surface area (TPSA) is 90.7 Å². The molecule has 1 unspecified atom stereocenters. The van der Waals surface area contributed by atoms with E-state index >= 15 is 0 Å². The molecule has 0 aliphatic rings. The van der Waals surface area contributed by atoms with Crippen LogP contribution in [0.3, 0.4) is 0 Å². The Balaban J connectivity index is 2.15. The van der Waals surface area contributed by atoms with E-state index in [1.165, 1.54) is 0 Å². The number of benzene rings is 2. The molecule has 0 spiro atoms. The fraction of sp³-hybridized carbons (Fsp3) is 0.0588. The zero-order valence-electron chi connectivity index (χ0n) is 13.1. The van der Waals surface area contributed by atoms with Crippen LogP contribution < -0.4 is 4.31 Å². The maximum absolute atomic E-state index is 11.9. The van der Waals surface area contributed by atoms with E-state index < -0.39 is 17.2 Å². The number of aromatic nitrogens is 1. The van der Waals surface area contributed by atoms with Crippen molar-refractivity contribution in [3.63, 3.8) is 0 Å². The molecule has 3 rings (SSSR count). The minimum absolute atomic E-state index is 0.0546. The van der Waals surface area contributed by atoms with Crippen molar-refractivity contribution in [2.45, 2.75) is 6.92 Å². The van der Waals surface area contributed by atoms with Crippen LogP contribution in [0, 0.1) is 6.92 Å². The van der Waals surface area contributed by atoms with Gasteiger partial charge in [0.15, 0.2) is 10.7 Å². The first-order valence-electron chi connectivity index (χ1n) is 7.24. The number of rotatable bonds is 5. The van der Waals surface area contributed by atoms with Crippen molar-refractivity contribution >= 4 is 40.1 Å². The van der Waals surface area contributed by atoms with Crippen LogP contribution >= 0.6 is 11.3 Å². The summed E-state index contributed by atoms with van der Waals surface area (Å²) >= 11 is -1.50. The van der Waals surface area contributed by atoms with Crippen LogP contribution in [0.25, 0.3) is 10.6 Å². The number of carboxylic acids is 1. The van der Waals surface area contributed by atoms with E-state index in [-0.39, 0.29) is 10.7 Å². The first kappa shape index (κ1) is 17.3. The second-order valence-electron chi connectivity index (χ2n) is 5.20. The minimum atomic E-state index is -2.47. The van der Waals surface area contributed by atoms with Gasteiger partial charge in [-0.3, -0.25) is 4.55 Å². The van der Waals surface area contributed by atoms with Crippen molar-refractivity contribution < 1.29 is 18.7 Å². The third-order valence-corrected chi connectivity index (χ3v) is 5.22. The van der Waals surface area contributed by atoms with Crippen LogP contribution in [0.2, 0.25) is 0 Å². The van der Waals surface area contributed by atoms with E-state index in [1.54, 1.807) is 36.4 Å². The smallest absolute Gasteiger partial charge is 0.349 e. The summed E-state index contributed by atoms with van der Waals surface area (Å²) in [5.41, 5.74) is 2.11. The molecule has 2 aromatic carbocycles. The van der Waals surface area contributed by atoms with Gasteiger partial charge in [0.1, 0.15) is 5.01 Å². The fourth-order valence-corrected chi connectivity index (χ4v) is 3.79. The molecule has 1 aromatic heterocycles. The summed E-state index contributed by atoms with van der Waals surface area (Å²) in [4.78, 5) is 15.9. The Labute approximate surface area is 150 Å². The third kappa shape index (κ3) is 3.60. The monoisotopic (exact) mass is 374 g/mol. The fourth-order valence-electron chi connectivity index (χ4n) is 2.26. The van der Waals surface area contributed by atoms with Gasteiger partial charge in [0.25, 0.3) is 11.3 Å². The summed E-state index contributed by atoms with van der Waals surface area (Å²) in [6.07, 6.45) is 0. The summed E-state index contributed by atoms with van der Waals surface area (Å²) < 4.78 is 22.7. The Hall–Kier alpha value is -2.55. The van der Waals surface area contributed by atoms with Gasteiger partial charge in [-0.25, -0.2) is 18.3 Å². The summed E-state index contributed by atoms with van der Waals surface area (Å²) in [6, 6.07) is 15.9. The molecule has 0 radical (unpaired) electrons. The number of carboxylic acid groups (broad SMARTS) is 1. The summed E-state index contributed by atoms with van der Waals surface area (Å²) in [6.45, 7) is 1.89. The zero-order chi connectivity index (χ0) is 18.0. The van der Waals surface area contributed by atoms with Gasteiger partial charge >= 0.3 is 5.97 Å². The largest absolute Gasteiger partial charge is 0.477 e. The SMILES string of the molecule is Cc1ccc(N(c2nc(-c3ccccc3)sc2C(=O)O)S(=O)O)cc1. The van der Waals surface area contributed by atoms with Crippen LogP contribution in [-0.4, -0.2) is 24.8 Å². The molecule has 1 heterocycles. The Morgan fingerprint density at radius 1 is 1.12 bits per heavy atom. The minimum Gasteiger partial charge on any atom is -0.477 e. The van der Waals surface area contributed by atoms with Crippen molar-refractivity contribution in [1.29, 1.82) is 0 Å². The molecule has 2 N–H and O–H groups in total. The van der Waals surface area contributed by atoms with Gasteiger partial charge in [0.05, 0.1) is 5.69 Å². The summed E-state index contributed by atoms with van der Waals surface area (Å²) in [7, 11) is 0. The Kier molecular flexibility index (Phi) is 4.93. The second kappa shape index (κ2) is 7.14. The molecule has 0 amide bonds. The Morgan fingerprint density at radius 3 is 2.32 bits per heavy atom. The predicted molar refractivity (Wildman–Crippen MR) is 98.6 cm³/mol. The van der Waals surface area contributed by atoms with Crippen LogP contribution in [0.4, 0.5) is 11.5 Å². The number of aryl methyl sites for hydroxylation is 1. The molecule has 25 heavy (non-hydrogen) atoms. The normalized spacial score (nSPS) is 11.9. The average Bonchev–Trinajstić information content (AvgIpc) is 3.02. The quantitative estimate of drug-likeness (QED) is 0.656. The average molecular weight is 374 g/mol. The Morgan fingerprint density at radius 2 is 1.76 bits per heavy atom. The number of nitrogens with zero attached hydrogens (tertiary/aromatic N) is 2. The molecule has 0 aliphatic heterocycles. The van der Waals surface area contributed by atoms with E-state index in [9.17, 15) is 18.7 Å². The van der Waals surface area contributed by atoms with Crippen molar-refractivity contribution in [1.82, 2.24) is 4.98 Å². The molecule has 0 saturated heterocycles. The lowest BCUT2D eigenvalue weighted by Gasteiger charge is -2.18. The number of hydrogen-bond donors (Lipinski definition) is 2. The first-order valence-corrected chi connectivity index (χ1v) is 9.12. The number of thiazole rings is 1. The van der Waals surface area contributed by atoms with Gasteiger partial charge < -0.3 is 5.11 Å². The van der Waals surface area contributed by atoms with Gasteiger partial charge in [-0.1, -0.05) is 48.0 Å². The predicted octanol–water partition coefficient (Wildman–Crippen LogP) is 4.09. The van der Waals surface area contributed by atoms with Crippen molar-refractivity contribution in [3.8, 4) is 10.6 Å². The van der Waals surface area contributed by atoms with Crippen molar-refractivity contribution in [2.75, 3.05) is 4.31 Å². The standard InChI is InChI=1S/C17H14N2O4S2/c1-11-7-9-13(10-8-11)19(25(22)23)15-14(17(20)21)24-16(18-15)12-5-3-2-4-6-12/h2-10H,1H3,(H,20,21)(H,22,23). The number of aromatic carboxylic acids is 1. The number of carbonyl (C=O) groups is 1. The molecular weight excluding hydrogens is 360 g/mol. The molecule has 6 nitrogen and oxygen atoms in total. The lowest BCUT2D eigenvalue weighted by atomic mass is 10.2. The van der Waals surface area contributed by atoms with Gasteiger partial charge in [0.2, 0.25) is 0 Å². The number of anilines is 2. The molecule has 1 atom stereocenters. The van der Waals surface area contributed by atoms with Crippen molar-refractivity contribution in [3.05, 3.63) is 65.0 Å². The maximum atomic E-state index is 11.9. The van der Waals surface area contributed by atoms with E-state index in [0.29, 0.717) is 10.7 Å². The zero-order valence-corrected chi connectivity index (χ0v) is 14.8. The molecule has 8 heteroatoms. The van der Waals surface area contributed by atoms with E-state index in [2.05, 4.69) is 4.98 Å². The second-order valence-corrected chi connectivity index (χ2v) is 7.03. The molecule has 0 saturated carbocycles. The molecule has 128 valence electrons. The lowest BCUT2D eigenvalue weighted by Crippen LogP contribution is -2.21. The highest BCUT2D eigenvalue weighted by atomic mass is 32.2. The van der Waals surface area contributed by atoms with Crippen LogP contribution in [-0.2, 0) is 11.3 Å². The maximum Gasteiger partial charge on any atom is 0.349 e. The van der Waals surface area contributed by atoms with Gasteiger partial charge in [0, 0.05) is 5.56 Å². The van der Waals surface area contributed by atoms with Gasteiger partial charge in [-0.15, -0.1) is 11.3 Å². The lowest BCUT2D eigenvalue weighted by molar-refractivity contribution is 0.0703. The molecule has 0 aliphatic carbocycles. The highest BCUT2D eigenvalue weighted by Gasteiger charge is 2.27. The summed E-state index contributed by atoms with van der Waals surface area (Å²) in [5, 5.41) is 9.98. The van der Waals surface area contributed by atoms with E-state index in [4.69, 9.17) is 0 Å². The Bertz CT molecular complexity index is 924. The number of hydrogen-bond acceptors (Lipinski definition) is 4. The third-order valence-electron chi connectivity index (χ3n) is 3.44. The molecule has 3 aromatic rings. The van der Waals surface area contributed by atoms with Crippen LogP contribution in [0.1, 0.15) is 15.2 Å². The molecule has 0 bridgehead atoms. The van der Waals surface area contributed by atoms with Crippen LogP contribution in [0.5, 0.6) is 0 Å². The van der Waals surface area contributed by atoms with Gasteiger partial charge in [-0.2, -0.15) is 0 Å². The van der Waals surface area contributed by atoms with E-state index in [0.717, 1.165) is 26.8 Å². The highest BCUT2D eigenvalue weighted by Crippen LogP contribution is 2.37. The van der Waals surface area contributed by atoms with E-state index in [1.807, 2.05) is 25.1 Å². The molecular formula is C17H14N2O4S2. The highest BCUT2D eigenvalue weighted by molar-refractivity contribution is 7.81. The first-order chi connectivity index (χ1) is 12.0. The van der Waals surface area contributed by atoms with Gasteiger partial charge in [-0.05, 0) is 19.1 Å². The molecule has 0 fully saturated rings. The van der Waals surface area contributed by atoms with Crippen LogP contribution in [0.15, 0.2) is 54.6 Å². The van der Waals surface area contributed by atoms with Crippen molar-refractivity contribution in [2.24, 2.45) is 0 Å².